The number of aromatic nitrogens is 1. The van der Waals surface area contributed by atoms with E-state index in [1.54, 1.807) is 20.8 Å². The van der Waals surface area contributed by atoms with E-state index in [0.29, 0.717) is 50.4 Å². The molecule has 0 atom stereocenters. The van der Waals surface area contributed by atoms with Gasteiger partial charge in [0.15, 0.2) is 0 Å². The van der Waals surface area contributed by atoms with Gasteiger partial charge in [-0.1, -0.05) is 0 Å². The number of rotatable bonds is 5. The molecule has 7 nitrogen and oxygen atoms in total. The van der Waals surface area contributed by atoms with Gasteiger partial charge in [-0.05, 0) is 19.9 Å². The van der Waals surface area contributed by atoms with Gasteiger partial charge in [0.25, 0.3) is 11.8 Å². The van der Waals surface area contributed by atoms with Crippen molar-refractivity contribution in [3.8, 4) is 0 Å². The molecule has 23 heavy (non-hydrogen) atoms. The number of hydrogen-bond acceptors (Lipinski definition) is 4. The summed E-state index contributed by atoms with van der Waals surface area (Å²) in [7, 11) is 0. The normalized spacial score (nSPS) is 14.5. The molecule has 2 heterocycles. The maximum atomic E-state index is 12.5. The molecule has 1 aliphatic rings. The smallest absolute Gasteiger partial charge is 0.255 e. The molecule has 3 amide bonds. The zero-order valence-corrected chi connectivity index (χ0v) is 13.6. The van der Waals surface area contributed by atoms with Crippen molar-refractivity contribution in [2.45, 2.75) is 13.8 Å². The summed E-state index contributed by atoms with van der Waals surface area (Å²) in [5.41, 5.74) is 0.827. The summed E-state index contributed by atoms with van der Waals surface area (Å²) in [6.07, 6.45) is 3.77. The summed E-state index contributed by atoms with van der Waals surface area (Å²) in [5.74, 6) is -0.278. The topological polar surface area (TPSA) is 73.8 Å². The Labute approximate surface area is 135 Å². The van der Waals surface area contributed by atoms with Gasteiger partial charge in [0.1, 0.15) is 0 Å². The molecule has 124 valence electrons. The van der Waals surface area contributed by atoms with E-state index < -0.39 is 0 Å². The van der Waals surface area contributed by atoms with Crippen LogP contribution >= 0.6 is 0 Å². The summed E-state index contributed by atoms with van der Waals surface area (Å²) in [6, 6.07) is 1.60. The molecular formula is C16H22N4O3. The Bertz CT molecular complexity index is 578. The number of amides is 3. The Kier molecular flexibility index (Phi) is 5.67. The first-order valence-corrected chi connectivity index (χ1v) is 7.83. The third kappa shape index (κ3) is 3.85. The fraction of sp³-hybridized carbons (Fsp3) is 0.500. The van der Waals surface area contributed by atoms with Crippen LogP contribution in [0.5, 0.6) is 0 Å². The number of piperazine rings is 1. The average Bonchev–Trinajstić information content (AvgIpc) is 2.62. The maximum absolute atomic E-state index is 12.5. The molecule has 0 radical (unpaired) electrons. The first-order chi connectivity index (χ1) is 11.1. The minimum Gasteiger partial charge on any atom is -0.342 e. The molecule has 1 saturated heterocycles. The van der Waals surface area contributed by atoms with Gasteiger partial charge < -0.3 is 14.7 Å². The lowest BCUT2D eigenvalue weighted by Crippen LogP contribution is -2.48. The third-order valence-corrected chi connectivity index (χ3v) is 4.03. The van der Waals surface area contributed by atoms with Crippen molar-refractivity contribution in [3.05, 3.63) is 29.6 Å². The zero-order valence-electron chi connectivity index (χ0n) is 13.6. The summed E-state index contributed by atoms with van der Waals surface area (Å²) in [5, 5.41) is 0. The lowest BCUT2D eigenvalue weighted by molar-refractivity contribution is -0.119. The van der Waals surface area contributed by atoms with E-state index in [2.05, 4.69) is 4.98 Å². The van der Waals surface area contributed by atoms with Gasteiger partial charge in [0.05, 0.1) is 11.1 Å². The van der Waals surface area contributed by atoms with E-state index in [0.717, 1.165) is 6.41 Å². The Morgan fingerprint density at radius 3 is 2.30 bits per heavy atom. The van der Waals surface area contributed by atoms with E-state index in [9.17, 15) is 14.4 Å². The van der Waals surface area contributed by atoms with Gasteiger partial charge in [-0.3, -0.25) is 19.4 Å². The van der Waals surface area contributed by atoms with Gasteiger partial charge in [-0.15, -0.1) is 0 Å². The largest absolute Gasteiger partial charge is 0.342 e. The fourth-order valence-corrected chi connectivity index (χ4v) is 2.58. The maximum Gasteiger partial charge on any atom is 0.255 e. The highest BCUT2D eigenvalue weighted by atomic mass is 16.2. The Morgan fingerprint density at radius 1 is 1.13 bits per heavy atom. The third-order valence-electron chi connectivity index (χ3n) is 4.03. The molecule has 1 aromatic heterocycles. The van der Waals surface area contributed by atoms with Crippen molar-refractivity contribution < 1.29 is 14.4 Å². The Balaban J connectivity index is 2.11. The van der Waals surface area contributed by atoms with E-state index in [1.807, 2.05) is 13.8 Å². The number of hydrogen-bond donors (Lipinski definition) is 0. The highest BCUT2D eigenvalue weighted by Gasteiger charge is 2.22. The van der Waals surface area contributed by atoms with Gasteiger partial charge in [0.2, 0.25) is 6.41 Å². The molecular weight excluding hydrogens is 296 g/mol. The molecule has 1 fully saturated rings. The van der Waals surface area contributed by atoms with Crippen LogP contribution < -0.4 is 0 Å². The zero-order chi connectivity index (χ0) is 16.8. The lowest BCUT2D eigenvalue weighted by atomic mass is 10.1. The van der Waals surface area contributed by atoms with Crippen LogP contribution in [-0.2, 0) is 4.79 Å². The molecule has 0 N–H and O–H groups in total. The van der Waals surface area contributed by atoms with Crippen LogP contribution in [0.25, 0.3) is 0 Å². The van der Waals surface area contributed by atoms with Crippen molar-refractivity contribution in [3.63, 3.8) is 0 Å². The van der Waals surface area contributed by atoms with Crippen LogP contribution in [0.2, 0.25) is 0 Å². The minimum atomic E-state index is -0.155. The molecule has 7 heteroatoms. The second-order valence-corrected chi connectivity index (χ2v) is 5.37. The molecule has 0 saturated carbocycles. The minimum absolute atomic E-state index is 0.122. The molecule has 0 spiro atoms. The van der Waals surface area contributed by atoms with E-state index in [-0.39, 0.29) is 11.8 Å². The predicted octanol–water partition coefficient (Wildman–Crippen LogP) is 0.478. The van der Waals surface area contributed by atoms with Gasteiger partial charge >= 0.3 is 0 Å². The quantitative estimate of drug-likeness (QED) is 0.740. The standard InChI is InChI=1S/C16H22N4O3/c1-3-19(4-2)15(22)13-9-14(11-17-10-13)16(23)20-7-5-18(12-21)6-8-20/h9-12H,3-8H2,1-2H3. The van der Waals surface area contributed by atoms with Crippen LogP contribution in [-0.4, -0.2) is 77.2 Å². The second-order valence-electron chi connectivity index (χ2n) is 5.37. The molecule has 0 bridgehead atoms. The van der Waals surface area contributed by atoms with Gasteiger partial charge in [-0.2, -0.15) is 0 Å². The summed E-state index contributed by atoms with van der Waals surface area (Å²) in [6.45, 7) is 7.09. The highest BCUT2D eigenvalue weighted by molar-refractivity contribution is 5.99. The number of carbonyl (C=O) groups is 3. The van der Waals surface area contributed by atoms with E-state index in [1.165, 1.54) is 12.4 Å². The molecule has 0 unspecified atom stereocenters. The summed E-state index contributed by atoms with van der Waals surface area (Å²) >= 11 is 0. The molecule has 1 aliphatic heterocycles. The number of pyridine rings is 1. The fourth-order valence-electron chi connectivity index (χ4n) is 2.58. The first kappa shape index (κ1) is 16.9. The van der Waals surface area contributed by atoms with Crippen LogP contribution in [0.3, 0.4) is 0 Å². The lowest BCUT2D eigenvalue weighted by Gasteiger charge is -2.32. The van der Waals surface area contributed by atoms with Gasteiger partial charge in [-0.25, -0.2) is 0 Å². The van der Waals surface area contributed by atoms with Crippen LogP contribution in [0.4, 0.5) is 0 Å². The van der Waals surface area contributed by atoms with Crippen molar-refractivity contribution in [1.29, 1.82) is 0 Å². The van der Waals surface area contributed by atoms with Crippen molar-refractivity contribution >= 4 is 18.2 Å². The van der Waals surface area contributed by atoms with Crippen LogP contribution in [0, 0.1) is 0 Å². The molecule has 2 rings (SSSR count). The Hall–Kier alpha value is -2.44. The van der Waals surface area contributed by atoms with Crippen molar-refractivity contribution in [1.82, 2.24) is 19.7 Å². The SMILES string of the molecule is CCN(CC)C(=O)c1cncc(C(=O)N2CCN(C=O)CC2)c1. The van der Waals surface area contributed by atoms with Crippen molar-refractivity contribution in [2.24, 2.45) is 0 Å². The predicted molar refractivity (Wildman–Crippen MR) is 85.0 cm³/mol. The first-order valence-electron chi connectivity index (χ1n) is 7.83. The van der Waals surface area contributed by atoms with Crippen molar-refractivity contribution in [2.75, 3.05) is 39.3 Å². The summed E-state index contributed by atoms with van der Waals surface area (Å²) in [4.78, 5) is 44.7. The Morgan fingerprint density at radius 2 is 1.74 bits per heavy atom. The van der Waals surface area contributed by atoms with Gasteiger partial charge in [0, 0.05) is 51.7 Å². The molecule has 1 aromatic rings. The van der Waals surface area contributed by atoms with E-state index >= 15 is 0 Å². The number of nitrogens with zero attached hydrogens (tertiary/aromatic N) is 4. The van der Waals surface area contributed by atoms with Crippen LogP contribution in [0.15, 0.2) is 18.5 Å². The van der Waals surface area contributed by atoms with Crippen LogP contribution in [0.1, 0.15) is 34.6 Å². The highest BCUT2D eigenvalue weighted by Crippen LogP contribution is 2.11. The van der Waals surface area contributed by atoms with E-state index in [4.69, 9.17) is 0 Å². The average molecular weight is 318 g/mol. The molecule has 0 aromatic carbocycles. The second kappa shape index (κ2) is 7.71. The monoisotopic (exact) mass is 318 g/mol. The number of carbonyl (C=O) groups excluding carboxylic acids is 3. The molecule has 0 aliphatic carbocycles. The summed E-state index contributed by atoms with van der Waals surface area (Å²) < 4.78 is 0.